The molecule has 0 spiro atoms. The third-order valence-electron chi connectivity index (χ3n) is 2.84. The Morgan fingerprint density at radius 2 is 1.84 bits per heavy atom. The molecule has 2 aromatic rings. The topological polar surface area (TPSA) is 20.3 Å². The largest absolute Gasteiger partial charge is 0.370 e. The van der Waals surface area contributed by atoms with Gasteiger partial charge in [-0.25, -0.2) is 0 Å². The maximum Gasteiger partial charge on any atom is 0.152 e. The Labute approximate surface area is 122 Å². The Morgan fingerprint density at radius 3 is 2.53 bits per heavy atom. The van der Waals surface area contributed by atoms with Crippen molar-refractivity contribution in [2.24, 2.45) is 0 Å². The van der Waals surface area contributed by atoms with Crippen LogP contribution in [0.1, 0.15) is 15.9 Å². The Hall–Kier alpha value is -1.51. The number of benzene rings is 2. The monoisotopic (exact) mass is 293 g/mol. The zero-order chi connectivity index (χ0) is 13.8. The molecule has 0 aliphatic carbocycles. The number of carbonyl (C=O) groups is 1. The standard InChI is InChI=1S/C15H13Cl2NO/c1-18(9-11-3-2-4-13(16)7-11)15-6-5-14(17)8-12(15)10-19/h2-8,10H,9H2,1H3. The number of hydrogen-bond acceptors (Lipinski definition) is 2. The highest BCUT2D eigenvalue weighted by Crippen LogP contribution is 2.24. The van der Waals surface area contributed by atoms with Gasteiger partial charge in [-0.2, -0.15) is 0 Å². The molecule has 0 aliphatic heterocycles. The molecule has 0 N–H and O–H groups in total. The first kappa shape index (κ1) is 13.9. The van der Waals surface area contributed by atoms with Gasteiger partial charge in [-0.05, 0) is 35.9 Å². The summed E-state index contributed by atoms with van der Waals surface area (Å²) in [7, 11) is 1.93. The molecule has 0 aliphatic rings. The van der Waals surface area contributed by atoms with E-state index in [1.165, 1.54) is 0 Å². The van der Waals surface area contributed by atoms with Gasteiger partial charge in [0, 0.05) is 34.9 Å². The Bertz CT molecular complexity index is 598. The molecule has 2 aromatic carbocycles. The van der Waals surface area contributed by atoms with Crippen molar-refractivity contribution in [3.8, 4) is 0 Å². The number of nitrogens with zero attached hydrogens (tertiary/aromatic N) is 1. The molecular formula is C15H13Cl2NO. The molecule has 0 saturated heterocycles. The molecule has 0 atom stereocenters. The number of aldehydes is 1. The summed E-state index contributed by atoms with van der Waals surface area (Å²) >= 11 is 11.8. The van der Waals surface area contributed by atoms with E-state index >= 15 is 0 Å². The van der Waals surface area contributed by atoms with Crippen LogP contribution < -0.4 is 4.90 Å². The second kappa shape index (κ2) is 6.09. The molecule has 98 valence electrons. The number of carbonyl (C=O) groups excluding carboxylic acids is 1. The van der Waals surface area contributed by atoms with Crippen molar-refractivity contribution >= 4 is 35.2 Å². The molecule has 0 radical (unpaired) electrons. The number of halogens is 2. The quantitative estimate of drug-likeness (QED) is 0.777. The lowest BCUT2D eigenvalue weighted by molar-refractivity contribution is 0.112. The zero-order valence-corrected chi connectivity index (χ0v) is 11.9. The van der Waals surface area contributed by atoms with Gasteiger partial charge >= 0.3 is 0 Å². The first-order chi connectivity index (χ1) is 9.10. The van der Waals surface area contributed by atoms with Crippen LogP contribution in [-0.2, 0) is 6.54 Å². The lowest BCUT2D eigenvalue weighted by atomic mass is 10.1. The van der Waals surface area contributed by atoms with Gasteiger partial charge in [0.2, 0.25) is 0 Å². The molecule has 2 rings (SSSR count). The third kappa shape index (κ3) is 3.49. The highest BCUT2D eigenvalue weighted by Gasteiger charge is 2.08. The van der Waals surface area contributed by atoms with E-state index in [4.69, 9.17) is 23.2 Å². The minimum absolute atomic E-state index is 0.557. The van der Waals surface area contributed by atoms with Crippen LogP contribution in [-0.4, -0.2) is 13.3 Å². The summed E-state index contributed by atoms with van der Waals surface area (Å²) in [5, 5.41) is 1.26. The van der Waals surface area contributed by atoms with Crippen LogP contribution in [0.3, 0.4) is 0 Å². The third-order valence-corrected chi connectivity index (χ3v) is 3.31. The predicted octanol–water partition coefficient (Wildman–Crippen LogP) is 4.44. The number of hydrogen-bond donors (Lipinski definition) is 0. The summed E-state index contributed by atoms with van der Waals surface area (Å²) in [6.45, 7) is 0.670. The van der Waals surface area contributed by atoms with Crippen molar-refractivity contribution in [1.82, 2.24) is 0 Å². The van der Waals surface area contributed by atoms with Crippen LogP contribution in [0.5, 0.6) is 0 Å². The van der Waals surface area contributed by atoms with Gasteiger partial charge in [0.05, 0.1) is 0 Å². The molecule has 0 heterocycles. The molecule has 0 saturated carbocycles. The van der Waals surface area contributed by atoms with Crippen molar-refractivity contribution in [3.63, 3.8) is 0 Å². The lowest BCUT2D eigenvalue weighted by Crippen LogP contribution is -2.17. The molecule has 19 heavy (non-hydrogen) atoms. The summed E-state index contributed by atoms with van der Waals surface area (Å²) in [6, 6.07) is 12.9. The van der Waals surface area contributed by atoms with Crippen molar-refractivity contribution in [1.29, 1.82) is 0 Å². The van der Waals surface area contributed by atoms with Gasteiger partial charge in [0.15, 0.2) is 6.29 Å². The fraction of sp³-hybridized carbons (Fsp3) is 0.133. The molecule has 0 amide bonds. The number of rotatable bonds is 4. The predicted molar refractivity (Wildman–Crippen MR) is 80.4 cm³/mol. The van der Waals surface area contributed by atoms with E-state index in [1.54, 1.807) is 12.1 Å². The van der Waals surface area contributed by atoms with Crippen LogP contribution in [0.25, 0.3) is 0 Å². The first-order valence-electron chi connectivity index (χ1n) is 5.80. The van der Waals surface area contributed by atoms with E-state index < -0.39 is 0 Å². The van der Waals surface area contributed by atoms with Crippen LogP contribution >= 0.6 is 23.2 Å². The van der Waals surface area contributed by atoms with Gasteiger partial charge in [-0.3, -0.25) is 4.79 Å². The van der Waals surface area contributed by atoms with Gasteiger partial charge in [0.25, 0.3) is 0 Å². The van der Waals surface area contributed by atoms with Crippen molar-refractivity contribution in [2.45, 2.75) is 6.54 Å². The van der Waals surface area contributed by atoms with Crippen LogP contribution in [0, 0.1) is 0 Å². The zero-order valence-electron chi connectivity index (χ0n) is 10.4. The Morgan fingerprint density at radius 1 is 1.11 bits per heavy atom. The van der Waals surface area contributed by atoms with Crippen molar-refractivity contribution in [3.05, 3.63) is 63.6 Å². The maximum atomic E-state index is 11.1. The summed E-state index contributed by atoms with van der Waals surface area (Å²) in [5.74, 6) is 0. The highest BCUT2D eigenvalue weighted by molar-refractivity contribution is 6.31. The second-order valence-corrected chi connectivity index (χ2v) is 5.18. The average Bonchev–Trinajstić information content (AvgIpc) is 2.38. The lowest BCUT2D eigenvalue weighted by Gasteiger charge is -2.21. The summed E-state index contributed by atoms with van der Waals surface area (Å²) in [4.78, 5) is 13.1. The SMILES string of the molecule is CN(Cc1cccc(Cl)c1)c1ccc(Cl)cc1C=O. The smallest absolute Gasteiger partial charge is 0.152 e. The minimum Gasteiger partial charge on any atom is -0.370 e. The van der Waals surface area contributed by atoms with Crippen LogP contribution in [0.4, 0.5) is 5.69 Å². The fourth-order valence-corrected chi connectivity index (χ4v) is 2.36. The molecule has 0 bridgehead atoms. The summed E-state index contributed by atoms with van der Waals surface area (Å²) in [6.07, 6.45) is 0.815. The van der Waals surface area contributed by atoms with Crippen molar-refractivity contribution < 1.29 is 4.79 Å². The van der Waals surface area contributed by atoms with Crippen LogP contribution in [0.2, 0.25) is 10.0 Å². The van der Waals surface area contributed by atoms with E-state index in [-0.39, 0.29) is 0 Å². The fourth-order valence-electron chi connectivity index (χ4n) is 1.96. The van der Waals surface area contributed by atoms with Gasteiger partial charge in [0.1, 0.15) is 0 Å². The summed E-state index contributed by atoms with van der Waals surface area (Å²) in [5.41, 5.74) is 2.51. The van der Waals surface area contributed by atoms with Gasteiger partial charge < -0.3 is 4.90 Å². The van der Waals surface area contributed by atoms with Gasteiger partial charge in [-0.15, -0.1) is 0 Å². The van der Waals surface area contributed by atoms with E-state index in [2.05, 4.69) is 0 Å². The van der Waals surface area contributed by atoms with E-state index in [0.717, 1.165) is 17.5 Å². The number of anilines is 1. The molecule has 0 aromatic heterocycles. The molecular weight excluding hydrogens is 281 g/mol. The average molecular weight is 294 g/mol. The second-order valence-electron chi connectivity index (χ2n) is 4.31. The molecule has 0 unspecified atom stereocenters. The minimum atomic E-state index is 0.557. The molecule has 0 fully saturated rings. The van der Waals surface area contributed by atoms with Crippen LogP contribution in [0.15, 0.2) is 42.5 Å². The Balaban J connectivity index is 2.24. The van der Waals surface area contributed by atoms with E-state index in [9.17, 15) is 4.79 Å². The normalized spacial score (nSPS) is 10.3. The first-order valence-corrected chi connectivity index (χ1v) is 6.56. The Kier molecular flexibility index (Phi) is 4.46. The van der Waals surface area contributed by atoms with E-state index in [1.807, 2.05) is 42.3 Å². The summed E-state index contributed by atoms with van der Waals surface area (Å²) < 4.78 is 0. The van der Waals surface area contributed by atoms with Crippen molar-refractivity contribution in [2.75, 3.05) is 11.9 Å². The molecule has 4 heteroatoms. The maximum absolute atomic E-state index is 11.1. The molecule has 2 nitrogen and oxygen atoms in total. The van der Waals surface area contributed by atoms with Gasteiger partial charge in [-0.1, -0.05) is 35.3 Å². The van der Waals surface area contributed by atoms with E-state index in [0.29, 0.717) is 22.2 Å². The highest BCUT2D eigenvalue weighted by atomic mass is 35.5.